The summed E-state index contributed by atoms with van der Waals surface area (Å²) in [5.41, 5.74) is 0.0666. The largest absolute Gasteiger partial charge is 1.00 e. The Hall–Kier alpha value is 0.0523. The van der Waals surface area contributed by atoms with E-state index in [2.05, 4.69) is 4.29 Å². The number of hydrogen-bond acceptors (Lipinski definition) is 5. The molecule has 0 spiro atoms. The molecule has 17 heavy (non-hydrogen) atoms. The minimum absolute atomic E-state index is 0. The van der Waals surface area contributed by atoms with Crippen molar-refractivity contribution in [1.82, 2.24) is 0 Å². The number of rotatable bonds is 2. The first kappa shape index (κ1) is 19.4. The Labute approximate surface area is 130 Å². The van der Waals surface area contributed by atoms with E-state index in [9.17, 15) is 4.79 Å². The fraction of sp³-hybridized carbons (Fsp3) is 0. The second-order valence-electron chi connectivity index (χ2n) is 2.35. The fourth-order valence-electron chi connectivity index (χ4n) is 0.756. The molecule has 0 aromatic heterocycles. The van der Waals surface area contributed by atoms with E-state index in [0.717, 1.165) is 0 Å². The van der Waals surface area contributed by atoms with E-state index >= 15 is 0 Å². The average molecular weight is 368 g/mol. The molecule has 0 aliphatic rings. The van der Waals surface area contributed by atoms with Crippen molar-refractivity contribution in [3.63, 3.8) is 0 Å². The van der Waals surface area contributed by atoms with E-state index in [1.165, 1.54) is 6.07 Å². The molecule has 0 saturated carbocycles. The summed E-state index contributed by atoms with van der Waals surface area (Å²) in [6.45, 7) is 0. The molecule has 0 bridgehead atoms. The molecule has 0 saturated heterocycles. The van der Waals surface area contributed by atoms with Crippen LogP contribution in [0.3, 0.4) is 0 Å². The molecular formula is C7H8BClILiO6. The maximum Gasteiger partial charge on any atom is 1.00 e. The first-order chi connectivity index (χ1) is 7.40. The number of halogens is 2. The van der Waals surface area contributed by atoms with Gasteiger partial charge in [0.1, 0.15) is 17.4 Å². The molecule has 1 aromatic carbocycles. The Balaban J connectivity index is -0.000000332. The number of carbonyl (C=O) groups is 1. The monoisotopic (exact) mass is 368 g/mol. The Bertz CT molecular complexity index is 369. The second-order valence-corrected chi connectivity index (χ2v) is 3.66. The topological polar surface area (TPSA) is 107 Å². The molecule has 6 nitrogen and oxygen atoms in total. The zero-order valence-electron chi connectivity index (χ0n) is 9.67. The Morgan fingerprint density at radius 1 is 1.41 bits per heavy atom. The van der Waals surface area contributed by atoms with Crippen molar-refractivity contribution in [3.8, 4) is 5.75 Å². The van der Waals surface area contributed by atoms with Crippen molar-refractivity contribution in [2.45, 2.75) is 0 Å². The van der Waals surface area contributed by atoms with Crippen LogP contribution >= 0.6 is 34.5 Å². The van der Waals surface area contributed by atoms with Gasteiger partial charge in [-0.15, -0.1) is 0 Å². The molecule has 90 valence electrons. The summed E-state index contributed by atoms with van der Waals surface area (Å²) >= 11 is 7.06. The summed E-state index contributed by atoms with van der Waals surface area (Å²) in [5, 5.41) is 30.2. The quantitative estimate of drug-likeness (QED) is 0.342. The minimum atomic E-state index is -2.17. The van der Waals surface area contributed by atoms with Gasteiger partial charge in [-0.25, -0.2) is 4.79 Å². The summed E-state index contributed by atoms with van der Waals surface area (Å²) in [4.78, 5) is 10.6. The maximum absolute atomic E-state index is 10.6. The van der Waals surface area contributed by atoms with E-state index in [-0.39, 0.29) is 31.6 Å². The van der Waals surface area contributed by atoms with Gasteiger partial charge < -0.3 is 25.9 Å². The molecule has 0 aliphatic heterocycles. The van der Waals surface area contributed by atoms with Crippen molar-refractivity contribution in [2.75, 3.05) is 0 Å². The molecule has 0 atom stereocenters. The van der Waals surface area contributed by atoms with Crippen molar-refractivity contribution >= 4 is 47.7 Å². The number of carboxylic acids is 1. The van der Waals surface area contributed by atoms with Gasteiger partial charge in [0, 0.05) is 0 Å². The normalized spacial score (nSPS) is 8.29. The van der Waals surface area contributed by atoms with Gasteiger partial charge >= 0.3 is 32.2 Å². The summed E-state index contributed by atoms with van der Waals surface area (Å²) in [7, 11) is -2.17. The van der Waals surface area contributed by atoms with Gasteiger partial charge in [0.05, 0.1) is 3.57 Å². The van der Waals surface area contributed by atoms with Gasteiger partial charge in [0.25, 0.3) is 0 Å². The van der Waals surface area contributed by atoms with Gasteiger partial charge in [-0.05, 0) is 34.7 Å². The fourth-order valence-corrected chi connectivity index (χ4v) is 1.66. The summed E-state index contributed by atoms with van der Waals surface area (Å²) < 4.78 is 5.09. The molecular weight excluding hydrogens is 360 g/mol. The molecule has 4 N–H and O–H groups in total. The first-order valence-corrected chi connectivity index (χ1v) is 5.13. The van der Waals surface area contributed by atoms with E-state index in [1.54, 1.807) is 12.1 Å². The molecule has 1 aromatic rings. The van der Waals surface area contributed by atoms with Crippen LogP contribution in [0.1, 0.15) is 11.8 Å². The van der Waals surface area contributed by atoms with Crippen LogP contribution < -0.4 is 23.1 Å². The number of carboxylic acid groups (broad SMARTS) is 1. The van der Waals surface area contributed by atoms with Crippen LogP contribution in [0.25, 0.3) is 0 Å². The molecule has 1 rings (SSSR count). The van der Waals surface area contributed by atoms with Gasteiger partial charge in [0.15, 0.2) is 5.75 Å². The van der Waals surface area contributed by atoms with E-state index in [1.807, 2.05) is 22.6 Å². The summed E-state index contributed by atoms with van der Waals surface area (Å²) in [6.07, 6.45) is 0. The molecule has 0 heterocycles. The Morgan fingerprint density at radius 2 is 1.88 bits per heavy atom. The van der Waals surface area contributed by atoms with E-state index in [4.69, 9.17) is 32.0 Å². The number of para-hydroxylation sites is 1. The summed E-state index contributed by atoms with van der Waals surface area (Å²) in [5.74, 6) is -0.864. The third-order valence-electron chi connectivity index (χ3n) is 1.27. The van der Waals surface area contributed by atoms with E-state index < -0.39 is 13.3 Å². The van der Waals surface area contributed by atoms with Crippen molar-refractivity contribution in [2.24, 2.45) is 0 Å². The van der Waals surface area contributed by atoms with Crippen LogP contribution in [0.2, 0.25) is 0 Å². The van der Waals surface area contributed by atoms with Gasteiger partial charge in [0.2, 0.25) is 0 Å². The number of hydrogen-bond donors (Lipinski definition) is 4. The maximum atomic E-state index is 10.6. The molecule has 0 radical (unpaired) electrons. The standard InChI is InChI=1S/C7H4ClIO3.BH3O3.Li.H/c8-12-6-4(7(10)11)2-1-3-5(6)9;2-1(3)4;;/h1-3H,(H,10,11);2-4H;;/q;;+1;-1. The van der Waals surface area contributed by atoms with E-state index in [0.29, 0.717) is 3.57 Å². The zero-order chi connectivity index (χ0) is 12.7. The molecule has 0 aliphatic carbocycles. The average Bonchev–Trinajstić information content (AvgIpc) is 2.16. The molecule has 0 amide bonds. The third kappa shape index (κ3) is 7.88. The zero-order valence-corrected chi connectivity index (χ0v) is 11.6. The van der Waals surface area contributed by atoms with Crippen LogP contribution in [0.15, 0.2) is 18.2 Å². The van der Waals surface area contributed by atoms with Gasteiger partial charge in [-0.1, -0.05) is 6.07 Å². The Morgan fingerprint density at radius 3 is 2.18 bits per heavy atom. The van der Waals surface area contributed by atoms with Crippen molar-refractivity contribution < 1.29 is 49.5 Å². The van der Waals surface area contributed by atoms with Crippen LogP contribution in [-0.2, 0) is 0 Å². The first-order valence-electron chi connectivity index (χ1n) is 3.74. The Kier molecular flexibility index (Phi) is 11.4. The molecule has 0 unspecified atom stereocenters. The van der Waals surface area contributed by atoms with Crippen molar-refractivity contribution in [3.05, 3.63) is 27.3 Å². The van der Waals surface area contributed by atoms with Crippen LogP contribution in [0.5, 0.6) is 5.75 Å². The van der Waals surface area contributed by atoms with Crippen LogP contribution in [0, 0.1) is 3.57 Å². The number of aromatic carboxylic acids is 1. The van der Waals surface area contributed by atoms with Crippen molar-refractivity contribution in [1.29, 1.82) is 0 Å². The molecule has 0 fully saturated rings. The van der Waals surface area contributed by atoms with Gasteiger partial charge in [-0.3, -0.25) is 0 Å². The van der Waals surface area contributed by atoms with Crippen LogP contribution in [-0.4, -0.2) is 33.5 Å². The SMILES string of the molecule is O=C(O)c1cccc(I)c1OCl.OB(O)O.[H-].[Li+]. The predicted molar refractivity (Wildman–Crippen MR) is 66.1 cm³/mol. The second kappa shape index (κ2) is 10.0. The minimum Gasteiger partial charge on any atom is -1.00 e. The van der Waals surface area contributed by atoms with Crippen LogP contribution in [0.4, 0.5) is 0 Å². The van der Waals surface area contributed by atoms with Gasteiger partial charge in [-0.2, -0.15) is 0 Å². The smallest absolute Gasteiger partial charge is 1.00 e. The predicted octanol–water partition coefficient (Wildman–Crippen LogP) is -2.41. The summed E-state index contributed by atoms with van der Waals surface area (Å²) in [6, 6.07) is 4.78. The number of benzene rings is 1. The third-order valence-corrected chi connectivity index (χ3v) is 2.28. The molecule has 10 heteroatoms.